The molecule has 0 unspecified atom stereocenters. The summed E-state index contributed by atoms with van der Waals surface area (Å²) in [5, 5.41) is 0. The zero-order valence-corrected chi connectivity index (χ0v) is 16.5. The van der Waals surface area contributed by atoms with Gasteiger partial charge >= 0.3 is 5.69 Å². The SMILES string of the molecule is O=c1ccn([C@H]2C[C@@H](OCc3ccccc3)[C@@H](COCc3ccccc3)O2)c(=O)[nH]1. The van der Waals surface area contributed by atoms with E-state index in [-0.39, 0.29) is 12.2 Å². The number of rotatable bonds is 8. The lowest BCUT2D eigenvalue weighted by atomic mass is 10.1. The van der Waals surface area contributed by atoms with Crippen LogP contribution >= 0.6 is 0 Å². The molecule has 4 rings (SSSR count). The average Bonchev–Trinajstić information content (AvgIpc) is 3.16. The molecular formula is C23H24N2O5. The van der Waals surface area contributed by atoms with Crippen molar-refractivity contribution in [2.24, 2.45) is 0 Å². The highest BCUT2D eigenvalue weighted by Gasteiger charge is 2.37. The minimum absolute atomic E-state index is 0.246. The lowest BCUT2D eigenvalue weighted by molar-refractivity contribution is -0.0831. The van der Waals surface area contributed by atoms with Gasteiger partial charge < -0.3 is 14.2 Å². The fourth-order valence-electron chi connectivity index (χ4n) is 3.50. The van der Waals surface area contributed by atoms with Crippen LogP contribution in [0.2, 0.25) is 0 Å². The van der Waals surface area contributed by atoms with E-state index >= 15 is 0 Å². The Balaban J connectivity index is 1.43. The molecule has 0 saturated carbocycles. The molecule has 7 nitrogen and oxygen atoms in total. The summed E-state index contributed by atoms with van der Waals surface area (Å²) in [6.07, 6.45) is 0.831. The van der Waals surface area contributed by atoms with E-state index in [4.69, 9.17) is 14.2 Å². The number of H-pyrrole nitrogens is 1. The number of ether oxygens (including phenoxy) is 3. The smallest absolute Gasteiger partial charge is 0.330 e. The Labute approximate surface area is 173 Å². The molecule has 1 aromatic heterocycles. The van der Waals surface area contributed by atoms with E-state index in [9.17, 15) is 9.59 Å². The predicted molar refractivity (Wildman–Crippen MR) is 111 cm³/mol. The van der Waals surface area contributed by atoms with Gasteiger partial charge in [0.05, 0.1) is 25.9 Å². The first-order chi connectivity index (χ1) is 14.7. The number of hydrogen-bond acceptors (Lipinski definition) is 5. The standard InChI is InChI=1S/C23H24N2O5/c26-21-11-12-25(23(27)24-21)22-13-19(29-15-18-9-5-2-6-10-18)20(30-22)16-28-14-17-7-3-1-4-8-17/h1-12,19-20,22H,13-16H2,(H,24,26,27)/t19-,20-,22-/m1/s1. The molecule has 30 heavy (non-hydrogen) atoms. The van der Waals surface area contributed by atoms with E-state index in [0.717, 1.165) is 11.1 Å². The summed E-state index contributed by atoms with van der Waals surface area (Å²) in [5.74, 6) is 0. The zero-order valence-electron chi connectivity index (χ0n) is 16.5. The predicted octanol–water partition coefficient (Wildman–Crippen LogP) is 2.63. The van der Waals surface area contributed by atoms with Crippen molar-refractivity contribution in [3.05, 3.63) is 105 Å². The van der Waals surface area contributed by atoms with Gasteiger partial charge in [0.25, 0.3) is 5.56 Å². The van der Waals surface area contributed by atoms with Gasteiger partial charge in [0.2, 0.25) is 0 Å². The third-order valence-corrected chi connectivity index (χ3v) is 5.04. The maximum absolute atomic E-state index is 12.2. The fraction of sp³-hybridized carbons (Fsp3) is 0.304. The third kappa shape index (κ3) is 5.13. The Morgan fingerprint density at radius 3 is 2.27 bits per heavy atom. The Hall–Kier alpha value is -3.00. The lowest BCUT2D eigenvalue weighted by Crippen LogP contribution is -2.32. The first-order valence-corrected chi connectivity index (χ1v) is 9.93. The van der Waals surface area contributed by atoms with Crippen molar-refractivity contribution < 1.29 is 14.2 Å². The highest BCUT2D eigenvalue weighted by atomic mass is 16.6. The Morgan fingerprint density at radius 1 is 0.933 bits per heavy atom. The third-order valence-electron chi connectivity index (χ3n) is 5.04. The first kappa shape index (κ1) is 20.3. The quantitative estimate of drug-likeness (QED) is 0.620. The van der Waals surface area contributed by atoms with Crippen LogP contribution in [0, 0.1) is 0 Å². The lowest BCUT2D eigenvalue weighted by Gasteiger charge is -2.19. The molecule has 0 bridgehead atoms. The topological polar surface area (TPSA) is 82.5 Å². The molecule has 2 aromatic carbocycles. The van der Waals surface area contributed by atoms with E-state index in [1.807, 2.05) is 60.7 Å². The summed E-state index contributed by atoms with van der Waals surface area (Å²) < 4.78 is 19.5. The molecular weight excluding hydrogens is 384 g/mol. The molecule has 1 saturated heterocycles. The van der Waals surface area contributed by atoms with Crippen molar-refractivity contribution in [2.45, 2.75) is 38.1 Å². The minimum Gasteiger partial charge on any atom is -0.374 e. The van der Waals surface area contributed by atoms with Crippen molar-refractivity contribution in [2.75, 3.05) is 6.61 Å². The number of aromatic nitrogens is 2. The minimum atomic E-state index is -0.527. The molecule has 0 aliphatic carbocycles. The molecule has 0 amide bonds. The summed E-state index contributed by atoms with van der Waals surface area (Å²) in [6.45, 7) is 1.25. The Bertz CT molecular complexity index is 1050. The van der Waals surface area contributed by atoms with Gasteiger partial charge in [-0.3, -0.25) is 14.3 Å². The van der Waals surface area contributed by atoms with E-state index in [1.54, 1.807) is 0 Å². The van der Waals surface area contributed by atoms with Crippen LogP contribution in [0.15, 0.2) is 82.5 Å². The highest BCUT2D eigenvalue weighted by molar-refractivity contribution is 5.14. The van der Waals surface area contributed by atoms with Gasteiger partial charge in [0.1, 0.15) is 12.3 Å². The molecule has 0 spiro atoms. The average molecular weight is 408 g/mol. The molecule has 2 heterocycles. The Morgan fingerprint density at radius 2 is 1.60 bits per heavy atom. The second-order valence-corrected chi connectivity index (χ2v) is 7.22. The van der Waals surface area contributed by atoms with Crippen LogP contribution in [-0.2, 0) is 27.4 Å². The van der Waals surface area contributed by atoms with Crippen LogP contribution in [0.4, 0.5) is 0 Å². The van der Waals surface area contributed by atoms with Gasteiger partial charge in [0, 0.05) is 18.7 Å². The number of nitrogens with one attached hydrogen (secondary N) is 1. The summed E-state index contributed by atoms with van der Waals surface area (Å²) in [7, 11) is 0. The van der Waals surface area contributed by atoms with E-state index in [2.05, 4.69) is 4.98 Å². The fourth-order valence-corrected chi connectivity index (χ4v) is 3.50. The first-order valence-electron chi connectivity index (χ1n) is 9.93. The van der Waals surface area contributed by atoms with Crippen LogP contribution in [0.5, 0.6) is 0 Å². The number of hydrogen-bond donors (Lipinski definition) is 1. The second kappa shape index (κ2) is 9.67. The van der Waals surface area contributed by atoms with Gasteiger partial charge in [0.15, 0.2) is 0 Å². The Kier molecular flexibility index (Phi) is 6.53. The molecule has 156 valence electrons. The summed E-state index contributed by atoms with van der Waals surface area (Å²) >= 11 is 0. The van der Waals surface area contributed by atoms with Crippen molar-refractivity contribution >= 4 is 0 Å². The summed E-state index contributed by atoms with van der Waals surface area (Å²) in [5.41, 5.74) is 1.20. The van der Waals surface area contributed by atoms with Gasteiger partial charge in [-0.25, -0.2) is 4.79 Å². The largest absolute Gasteiger partial charge is 0.374 e. The van der Waals surface area contributed by atoms with Crippen molar-refractivity contribution in [3.8, 4) is 0 Å². The van der Waals surface area contributed by atoms with Gasteiger partial charge in [-0.15, -0.1) is 0 Å². The molecule has 3 atom stereocenters. The number of aromatic amines is 1. The van der Waals surface area contributed by atoms with Crippen LogP contribution < -0.4 is 11.2 Å². The van der Waals surface area contributed by atoms with E-state index < -0.39 is 17.5 Å². The molecule has 1 N–H and O–H groups in total. The summed E-state index contributed by atoms with van der Waals surface area (Å²) in [6, 6.07) is 21.1. The van der Waals surface area contributed by atoms with Crippen LogP contribution in [0.25, 0.3) is 0 Å². The molecule has 7 heteroatoms. The van der Waals surface area contributed by atoms with Crippen LogP contribution in [0.3, 0.4) is 0 Å². The number of benzene rings is 2. The van der Waals surface area contributed by atoms with Crippen LogP contribution in [-0.4, -0.2) is 28.4 Å². The van der Waals surface area contributed by atoms with Crippen molar-refractivity contribution in [1.29, 1.82) is 0 Å². The zero-order chi connectivity index (χ0) is 20.8. The molecule has 0 radical (unpaired) electrons. The molecule has 3 aromatic rings. The molecule has 1 fully saturated rings. The highest BCUT2D eigenvalue weighted by Crippen LogP contribution is 2.30. The van der Waals surface area contributed by atoms with Gasteiger partial charge in [-0.1, -0.05) is 60.7 Å². The number of nitrogens with zero attached hydrogens (tertiary/aromatic N) is 1. The van der Waals surface area contributed by atoms with Gasteiger partial charge in [-0.05, 0) is 11.1 Å². The summed E-state index contributed by atoms with van der Waals surface area (Å²) in [4.78, 5) is 25.8. The maximum Gasteiger partial charge on any atom is 0.330 e. The van der Waals surface area contributed by atoms with Crippen LogP contribution in [0.1, 0.15) is 23.8 Å². The van der Waals surface area contributed by atoms with E-state index in [1.165, 1.54) is 16.8 Å². The molecule has 1 aliphatic heterocycles. The van der Waals surface area contributed by atoms with Crippen molar-refractivity contribution in [3.63, 3.8) is 0 Å². The normalized spacial score (nSPS) is 21.0. The molecule has 1 aliphatic rings. The van der Waals surface area contributed by atoms with E-state index in [0.29, 0.717) is 26.2 Å². The monoisotopic (exact) mass is 408 g/mol. The second-order valence-electron chi connectivity index (χ2n) is 7.22. The van der Waals surface area contributed by atoms with Gasteiger partial charge in [-0.2, -0.15) is 0 Å². The maximum atomic E-state index is 12.2. The van der Waals surface area contributed by atoms with Crippen molar-refractivity contribution in [1.82, 2.24) is 9.55 Å².